The molecule has 0 unspecified atom stereocenters. The quantitative estimate of drug-likeness (QED) is 0.375. The number of nitro benzene ring substituents is 1. The largest absolute Gasteiger partial charge is 0.502 e. The molecular formula is C7H5N3O3. The molecule has 0 aliphatic carbocycles. The molecule has 0 heterocycles. The number of phenols is 1. The molecule has 0 aromatic heterocycles. The summed E-state index contributed by atoms with van der Waals surface area (Å²) in [6.45, 7) is 0. The Hall–Kier alpha value is -2.29. The summed E-state index contributed by atoms with van der Waals surface area (Å²) in [7, 11) is 0. The lowest BCUT2D eigenvalue weighted by Gasteiger charge is -1.99. The van der Waals surface area contributed by atoms with Crippen molar-refractivity contribution in [3.63, 3.8) is 0 Å². The highest BCUT2D eigenvalue weighted by molar-refractivity contribution is 5.64. The third kappa shape index (κ3) is 1.49. The highest BCUT2D eigenvalue weighted by Gasteiger charge is 2.20. The minimum Gasteiger partial charge on any atom is -0.502 e. The van der Waals surface area contributed by atoms with E-state index < -0.39 is 16.4 Å². The molecule has 0 saturated heterocycles. The number of nitro groups is 1. The smallest absolute Gasteiger partial charge is 0.328 e. The highest BCUT2D eigenvalue weighted by Crippen LogP contribution is 2.31. The van der Waals surface area contributed by atoms with E-state index in [4.69, 9.17) is 16.1 Å². The Morgan fingerprint density at radius 2 is 2.23 bits per heavy atom. The van der Waals surface area contributed by atoms with Gasteiger partial charge in [0.2, 0.25) is 0 Å². The second kappa shape index (κ2) is 2.98. The number of nitrogen functional groups attached to an aromatic ring is 1. The van der Waals surface area contributed by atoms with Crippen LogP contribution in [0.1, 0.15) is 5.56 Å². The molecule has 0 radical (unpaired) electrons. The first-order chi connectivity index (χ1) is 6.06. The van der Waals surface area contributed by atoms with Gasteiger partial charge in [-0.15, -0.1) is 0 Å². The monoisotopic (exact) mass is 179 g/mol. The van der Waals surface area contributed by atoms with E-state index in [1.165, 1.54) is 0 Å². The van der Waals surface area contributed by atoms with Gasteiger partial charge in [-0.3, -0.25) is 10.1 Å². The van der Waals surface area contributed by atoms with Crippen LogP contribution in [0.25, 0.3) is 0 Å². The van der Waals surface area contributed by atoms with Gasteiger partial charge in [0.25, 0.3) is 0 Å². The van der Waals surface area contributed by atoms with Crippen LogP contribution in [-0.4, -0.2) is 10.0 Å². The van der Waals surface area contributed by atoms with Crippen molar-refractivity contribution in [1.82, 2.24) is 0 Å². The van der Waals surface area contributed by atoms with Gasteiger partial charge in [0.15, 0.2) is 5.75 Å². The van der Waals surface area contributed by atoms with Gasteiger partial charge in [-0.25, -0.2) is 0 Å². The molecule has 13 heavy (non-hydrogen) atoms. The molecule has 3 N–H and O–H groups in total. The van der Waals surface area contributed by atoms with Crippen LogP contribution in [0.3, 0.4) is 0 Å². The fraction of sp³-hybridized carbons (Fsp3) is 0. The van der Waals surface area contributed by atoms with Crippen LogP contribution in [0.5, 0.6) is 5.75 Å². The molecule has 0 aliphatic rings. The standard InChI is InChI=1S/C7H5N3O3/c8-3-4-1-5(9)2-6(11)7(4)10(12)13/h1-2,11H,9H2. The predicted octanol–water partition coefficient (Wildman–Crippen LogP) is 0.754. The molecule has 0 fully saturated rings. The van der Waals surface area contributed by atoms with Crippen molar-refractivity contribution in [2.45, 2.75) is 0 Å². The van der Waals surface area contributed by atoms with E-state index in [9.17, 15) is 10.1 Å². The fourth-order valence-electron chi connectivity index (χ4n) is 0.918. The Labute approximate surface area is 73.0 Å². The number of aromatic hydroxyl groups is 1. The van der Waals surface area contributed by atoms with Gasteiger partial charge >= 0.3 is 5.69 Å². The molecule has 0 atom stereocenters. The summed E-state index contributed by atoms with van der Waals surface area (Å²) in [6.07, 6.45) is 0. The van der Waals surface area contributed by atoms with Gasteiger partial charge < -0.3 is 10.8 Å². The lowest BCUT2D eigenvalue weighted by atomic mass is 10.1. The van der Waals surface area contributed by atoms with E-state index in [-0.39, 0.29) is 11.3 Å². The molecule has 0 amide bonds. The molecule has 66 valence electrons. The number of phenolic OH excluding ortho intramolecular Hbond substituents is 1. The van der Waals surface area contributed by atoms with Crippen molar-refractivity contribution in [2.24, 2.45) is 0 Å². The van der Waals surface area contributed by atoms with Crippen molar-refractivity contribution in [3.05, 3.63) is 27.8 Å². The van der Waals surface area contributed by atoms with Crippen molar-refractivity contribution in [2.75, 3.05) is 5.73 Å². The highest BCUT2D eigenvalue weighted by atomic mass is 16.6. The number of benzene rings is 1. The van der Waals surface area contributed by atoms with Gasteiger partial charge in [-0.1, -0.05) is 0 Å². The summed E-state index contributed by atoms with van der Waals surface area (Å²) in [5.41, 5.74) is 4.52. The molecule has 6 nitrogen and oxygen atoms in total. The van der Waals surface area contributed by atoms with Gasteiger partial charge in [0.05, 0.1) is 4.92 Å². The van der Waals surface area contributed by atoms with E-state index in [0.717, 1.165) is 12.1 Å². The fourth-order valence-corrected chi connectivity index (χ4v) is 0.918. The minimum atomic E-state index is -0.826. The van der Waals surface area contributed by atoms with Crippen LogP contribution in [0.2, 0.25) is 0 Å². The molecule has 0 saturated carbocycles. The third-order valence-corrected chi connectivity index (χ3v) is 1.42. The van der Waals surface area contributed by atoms with E-state index >= 15 is 0 Å². The second-order valence-corrected chi connectivity index (χ2v) is 2.31. The molecule has 1 rings (SSSR count). The Balaban J connectivity index is 3.50. The van der Waals surface area contributed by atoms with Gasteiger partial charge in [0, 0.05) is 11.8 Å². The second-order valence-electron chi connectivity index (χ2n) is 2.31. The van der Waals surface area contributed by atoms with Crippen LogP contribution in [0.4, 0.5) is 11.4 Å². The number of rotatable bonds is 1. The topological polar surface area (TPSA) is 113 Å². The first-order valence-corrected chi connectivity index (χ1v) is 3.23. The maximum absolute atomic E-state index is 10.4. The number of nitriles is 1. The zero-order valence-corrected chi connectivity index (χ0v) is 6.39. The molecular weight excluding hydrogens is 174 g/mol. The maximum Gasteiger partial charge on any atom is 0.328 e. The number of anilines is 1. The van der Waals surface area contributed by atoms with Crippen LogP contribution < -0.4 is 5.73 Å². The molecule has 1 aromatic carbocycles. The zero-order valence-electron chi connectivity index (χ0n) is 6.39. The predicted molar refractivity (Wildman–Crippen MR) is 43.9 cm³/mol. The average molecular weight is 179 g/mol. The first-order valence-electron chi connectivity index (χ1n) is 3.23. The van der Waals surface area contributed by atoms with Crippen LogP contribution >= 0.6 is 0 Å². The Bertz CT molecular complexity index is 408. The van der Waals surface area contributed by atoms with Crippen molar-refractivity contribution < 1.29 is 10.0 Å². The third-order valence-electron chi connectivity index (χ3n) is 1.42. The number of hydrogen-bond donors (Lipinski definition) is 2. The molecule has 1 aromatic rings. The number of hydrogen-bond acceptors (Lipinski definition) is 5. The number of nitrogens with zero attached hydrogens (tertiary/aromatic N) is 2. The minimum absolute atomic E-state index is 0.111. The lowest BCUT2D eigenvalue weighted by Crippen LogP contribution is -1.95. The Kier molecular flexibility index (Phi) is 2.02. The average Bonchev–Trinajstić information content (AvgIpc) is 2.01. The van der Waals surface area contributed by atoms with E-state index in [1.807, 2.05) is 0 Å². The first kappa shape index (κ1) is 8.80. The van der Waals surface area contributed by atoms with Crippen molar-refractivity contribution in [1.29, 1.82) is 5.26 Å². The van der Waals surface area contributed by atoms with Crippen molar-refractivity contribution >= 4 is 11.4 Å². The maximum atomic E-state index is 10.4. The van der Waals surface area contributed by atoms with Gasteiger partial charge in [0.1, 0.15) is 11.6 Å². The normalized spacial score (nSPS) is 9.15. The molecule has 0 aliphatic heterocycles. The van der Waals surface area contributed by atoms with E-state index in [0.29, 0.717) is 0 Å². The summed E-state index contributed by atoms with van der Waals surface area (Å²) in [5, 5.41) is 28.0. The van der Waals surface area contributed by atoms with Crippen LogP contribution in [-0.2, 0) is 0 Å². The summed E-state index contributed by atoms with van der Waals surface area (Å²) in [5.74, 6) is -0.596. The Morgan fingerprint density at radius 1 is 1.62 bits per heavy atom. The SMILES string of the molecule is N#Cc1cc(N)cc(O)c1[N+](=O)[O-]. The van der Waals surface area contributed by atoms with Crippen LogP contribution in [0, 0.1) is 21.4 Å². The molecule has 0 spiro atoms. The van der Waals surface area contributed by atoms with Crippen LogP contribution in [0.15, 0.2) is 12.1 Å². The molecule has 0 bridgehead atoms. The Morgan fingerprint density at radius 3 is 2.69 bits per heavy atom. The van der Waals surface area contributed by atoms with E-state index in [1.54, 1.807) is 6.07 Å². The van der Waals surface area contributed by atoms with Gasteiger partial charge in [-0.05, 0) is 6.07 Å². The van der Waals surface area contributed by atoms with E-state index in [2.05, 4.69) is 0 Å². The summed E-state index contributed by atoms with van der Waals surface area (Å²) < 4.78 is 0. The molecule has 6 heteroatoms. The summed E-state index contributed by atoms with van der Waals surface area (Å²) >= 11 is 0. The van der Waals surface area contributed by atoms with Crippen molar-refractivity contribution in [3.8, 4) is 11.8 Å². The lowest BCUT2D eigenvalue weighted by molar-refractivity contribution is -0.386. The van der Waals surface area contributed by atoms with Gasteiger partial charge in [-0.2, -0.15) is 5.26 Å². The number of nitrogens with two attached hydrogens (primary N) is 1. The zero-order chi connectivity index (χ0) is 10.0. The summed E-state index contributed by atoms with van der Waals surface area (Å²) in [4.78, 5) is 9.54. The summed E-state index contributed by atoms with van der Waals surface area (Å²) in [6, 6.07) is 3.74.